The van der Waals surface area contributed by atoms with Gasteiger partial charge in [-0.2, -0.15) is 5.10 Å². The Balaban J connectivity index is 1.34. The molecule has 160 valence electrons. The molecule has 1 amide bonds. The van der Waals surface area contributed by atoms with Gasteiger partial charge in [0.15, 0.2) is 0 Å². The van der Waals surface area contributed by atoms with Crippen molar-refractivity contribution in [2.45, 2.75) is 50.9 Å². The normalized spacial score (nSPS) is 20.2. The van der Waals surface area contributed by atoms with E-state index in [0.717, 1.165) is 42.0 Å². The maximum Gasteiger partial charge on any atom is 0.254 e. The van der Waals surface area contributed by atoms with Crippen LogP contribution in [0.4, 0.5) is 5.82 Å². The molecular formula is C25H28N4O2. The molecule has 0 radical (unpaired) electrons. The van der Waals surface area contributed by atoms with Crippen molar-refractivity contribution < 1.29 is 9.53 Å². The number of fused-ring (bicyclic) bond motifs is 2. The Labute approximate surface area is 182 Å². The van der Waals surface area contributed by atoms with Crippen molar-refractivity contribution in [3.63, 3.8) is 0 Å². The quantitative estimate of drug-likeness (QED) is 0.686. The predicted molar refractivity (Wildman–Crippen MR) is 120 cm³/mol. The molecule has 2 heterocycles. The molecule has 1 aliphatic carbocycles. The lowest BCUT2D eigenvalue weighted by atomic mass is 9.89. The number of anilines is 1. The van der Waals surface area contributed by atoms with E-state index < -0.39 is 0 Å². The molecule has 1 aliphatic heterocycles. The highest BCUT2D eigenvalue weighted by Gasteiger charge is 2.37. The van der Waals surface area contributed by atoms with Crippen LogP contribution in [0.25, 0.3) is 0 Å². The zero-order valence-corrected chi connectivity index (χ0v) is 17.8. The van der Waals surface area contributed by atoms with Gasteiger partial charge < -0.3 is 15.0 Å². The number of hydrogen-bond donors (Lipinski definition) is 1. The fraction of sp³-hybridized carbons (Fsp3) is 0.360. The van der Waals surface area contributed by atoms with E-state index >= 15 is 0 Å². The smallest absolute Gasteiger partial charge is 0.254 e. The third-order valence-electron chi connectivity index (χ3n) is 6.42. The lowest BCUT2D eigenvalue weighted by Gasteiger charge is -2.38. The van der Waals surface area contributed by atoms with Crippen molar-refractivity contribution in [3.8, 4) is 5.75 Å². The minimum absolute atomic E-state index is 0.0741. The number of nitrogens with zero attached hydrogens (tertiary/aromatic N) is 3. The van der Waals surface area contributed by atoms with Gasteiger partial charge in [-0.25, -0.2) is 0 Å². The number of carbonyl (C=O) groups excluding carboxylic acids is 1. The Morgan fingerprint density at radius 3 is 2.68 bits per heavy atom. The summed E-state index contributed by atoms with van der Waals surface area (Å²) in [7, 11) is 1.95. The molecule has 2 unspecified atom stereocenters. The van der Waals surface area contributed by atoms with Gasteiger partial charge >= 0.3 is 0 Å². The number of nitrogens with one attached hydrogen (secondary N) is 1. The van der Waals surface area contributed by atoms with E-state index in [0.29, 0.717) is 18.7 Å². The first kappa shape index (κ1) is 19.7. The molecule has 2 aliphatic rings. The number of ether oxygens (including phenoxy) is 1. The summed E-state index contributed by atoms with van der Waals surface area (Å²) in [6, 6.07) is 18.1. The summed E-state index contributed by atoms with van der Waals surface area (Å²) < 4.78 is 7.76. The molecule has 0 saturated heterocycles. The summed E-state index contributed by atoms with van der Waals surface area (Å²) in [5, 5.41) is 8.07. The standard InChI is InChI=1S/C25H28N4O2/c1-28-24-20(15-26-28)16-29(23-10-6-5-9-22(23)27-24)25(30)19-11-13-21(14-12-19)31-17-18-7-3-2-4-8-18/h2-4,7-8,11-15,22-23,27H,5-6,9-10,16-17H2,1H3. The minimum atomic E-state index is 0.0741. The van der Waals surface area contributed by atoms with Crippen molar-refractivity contribution in [1.29, 1.82) is 0 Å². The number of rotatable bonds is 4. The Morgan fingerprint density at radius 2 is 1.87 bits per heavy atom. The van der Waals surface area contributed by atoms with Gasteiger partial charge in [0.25, 0.3) is 5.91 Å². The Hall–Kier alpha value is -3.28. The Bertz CT molecular complexity index is 1050. The lowest BCUT2D eigenvalue weighted by Crippen LogP contribution is -2.49. The maximum absolute atomic E-state index is 13.5. The van der Waals surface area contributed by atoms with Crippen LogP contribution in [0.1, 0.15) is 47.2 Å². The van der Waals surface area contributed by atoms with Crippen LogP contribution in [0.2, 0.25) is 0 Å². The molecule has 0 bridgehead atoms. The summed E-state index contributed by atoms with van der Waals surface area (Å²) in [4.78, 5) is 15.6. The molecule has 6 heteroatoms. The molecule has 5 rings (SSSR count). The van der Waals surface area contributed by atoms with Crippen molar-refractivity contribution in [2.24, 2.45) is 7.05 Å². The topological polar surface area (TPSA) is 59.4 Å². The molecule has 6 nitrogen and oxygen atoms in total. The van der Waals surface area contributed by atoms with Crippen LogP contribution >= 0.6 is 0 Å². The van der Waals surface area contributed by atoms with E-state index in [2.05, 4.69) is 10.4 Å². The highest BCUT2D eigenvalue weighted by molar-refractivity contribution is 5.94. The summed E-state index contributed by atoms with van der Waals surface area (Å²) >= 11 is 0. The zero-order chi connectivity index (χ0) is 21.2. The van der Waals surface area contributed by atoms with Crippen molar-refractivity contribution in [1.82, 2.24) is 14.7 Å². The zero-order valence-electron chi connectivity index (χ0n) is 17.8. The van der Waals surface area contributed by atoms with Gasteiger partial charge in [-0.15, -0.1) is 0 Å². The fourth-order valence-electron chi connectivity index (χ4n) is 4.74. The van der Waals surface area contributed by atoms with Gasteiger partial charge in [0.05, 0.1) is 18.8 Å². The van der Waals surface area contributed by atoms with Gasteiger partial charge in [0.1, 0.15) is 18.2 Å². The van der Waals surface area contributed by atoms with Crippen LogP contribution in [0.3, 0.4) is 0 Å². The average Bonchev–Trinajstić information content (AvgIpc) is 3.06. The van der Waals surface area contributed by atoms with E-state index in [1.807, 2.05) is 77.4 Å². The predicted octanol–water partition coefficient (Wildman–Crippen LogP) is 4.38. The lowest BCUT2D eigenvalue weighted by molar-refractivity contribution is 0.0605. The molecule has 2 aromatic carbocycles. The largest absolute Gasteiger partial charge is 0.489 e. The highest BCUT2D eigenvalue weighted by Crippen LogP contribution is 2.33. The summed E-state index contributed by atoms with van der Waals surface area (Å²) in [5.74, 6) is 1.88. The van der Waals surface area contributed by atoms with Crippen LogP contribution in [-0.4, -0.2) is 32.7 Å². The Morgan fingerprint density at radius 1 is 1.10 bits per heavy atom. The van der Waals surface area contributed by atoms with Gasteiger partial charge in [0, 0.05) is 24.2 Å². The van der Waals surface area contributed by atoms with E-state index in [4.69, 9.17) is 4.74 Å². The second kappa shape index (κ2) is 8.46. The molecule has 2 atom stereocenters. The molecule has 1 saturated carbocycles. The number of benzene rings is 2. The summed E-state index contributed by atoms with van der Waals surface area (Å²) in [6.07, 6.45) is 6.33. The SMILES string of the molecule is Cn1ncc2c1NC1CCCCC1N(C(=O)c1ccc(OCc3ccccc3)cc1)C2. The monoisotopic (exact) mass is 416 g/mol. The van der Waals surface area contributed by atoms with E-state index in [1.165, 1.54) is 6.42 Å². The molecule has 1 aromatic heterocycles. The van der Waals surface area contributed by atoms with Crippen molar-refractivity contribution >= 4 is 11.7 Å². The van der Waals surface area contributed by atoms with Crippen LogP contribution in [-0.2, 0) is 20.2 Å². The maximum atomic E-state index is 13.5. The van der Waals surface area contributed by atoms with Gasteiger partial charge in [0.2, 0.25) is 0 Å². The number of amides is 1. The first-order valence-electron chi connectivity index (χ1n) is 11.0. The minimum Gasteiger partial charge on any atom is -0.489 e. The van der Waals surface area contributed by atoms with Gasteiger partial charge in [-0.05, 0) is 42.7 Å². The summed E-state index contributed by atoms with van der Waals surface area (Å²) in [6.45, 7) is 1.10. The van der Waals surface area contributed by atoms with E-state index in [-0.39, 0.29) is 18.0 Å². The van der Waals surface area contributed by atoms with Crippen molar-refractivity contribution in [2.75, 3.05) is 5.32 Å². The van der Waals surface area contributed by atoms with E-state index in [1.54, 1.807) is 0 Å². The first-order chi connectivity index (χ1) is 15.2. The Kier molecular flexibility index (Phi) is 5.37. The third-order valence-corrected chi connectivity index (χ3v) is 6.42. The number of aromatic nitrogens is 2. The van der Waals surface area contributed by atoms with E-state index in [9.17, 15) is 4.79 Å². The fourth-order valence-corrected chi connectivity index (χ4v) is 4.74. The van der Waals surface area contributed by atoms with Gasteiger partial charge in [-0.1, -0.05) is 43.2 Å². The first-order valence-corrected chi connectivity index (χ1v) is 11.0. The van der Waals surface area contributed by atoms with Crippen LogP contribution in [0.15, 0.2) is 60.8 Å². The summed E-state index contributed by atoms with van der Waals surface area (Å²) in [5.41, 5.74) is 2.90. The molecule has 1 N–H and O–H groups in total. The molecule has 0 spiro atoms. The van der Waals surface area contributed by atoms with Crippen LogP contribution < -0.4 is 10.1 Å². The molecular weight excluding hydrogens is 388 g/mol. The number of hydrogen-bond acceptors (Lipinski definition) is 4. The van der Waals surface area contributed by atoms with Gasteiger partial charge in [-0.3, -0.25) is 9.48 Å². The van der Waals surface area contributed by atoms with Crippen LogP contribution in [0.5, 0.6) is 5.75 Å². The second-order valence-electron chi connectivity index (χ2n) is 8.48. The molecule has 31 heavy (non-hydrogen) atoms. The van der Waals surface area contributed by atoms with Crippen molar-refractivity contribution in [3.05, 3.63) is 77.5 Å². The van der Waals surface area contributed by atoms with Crippen LogP contribution in [0, 0.1) is 0 Å². The number of carbonyl (C=O) groups is 1. The molecule has 1 fully saturated rings. The average molecular weight is 417 g/mol. The third kappa shape index (κ3) is 4.02. The molecule has 3 aromatic rings. The highest BCUT2D eigenvalue weighted by atomic mass is 16.5. The number of aryl methyl sites for hydroxylation is 1. The second-order valence-corrected chi connectivity index (χ2v) is 8.48.